The molecule has 2 N–H and O–H groups in total. The average molecular weight is 269 g/mol. The molecule has 0 aliphatic carbocycles. The molecule has 2 heterocycles. The molecule has 6 nitrogen and oxygen atoms in total. The summed E-state index contributed by atoms with van der Waals surface area (Å²) in [6.45, 7) is 0. The van der Waals surface area contributed by atoms with Gasteiger partial charge in [0.1, 0.15) is 5.52 Å². The Morgan fingerprint density at radius 1 is 1.15 bits per heavy atom. The van der Waals surface area contributed by atoms with Gasteiger partial charge in [-0.3, -0.25) is 4.79 Å². The second kappa shape index (κ2) is 4.65. The Morgan fingerprint density at radius 2 is 1.95 bits per heavy atom. The van der Waals surface area contributed by atoms with Gasteiger partial charge in [0.2, 0.25) is 5.56 Å². The van der Waals surface area contributed by atoms with Gasteiger partial charge in [-0.25, -0.2) is 9.78 Å². The maximum Gasteiger partial charge on any atom is 0.340 e. The molecule has 0 fully saturated rings. The minimum absolute atomic E-state index is 0.212. The number of carbonyl (C=O) groups is 1. The molecular formula is C14H11N3O3. The standard InChI is InChI=1S/C14H11N3O3/c1-20-14(19)8-4-2-5-9-12(8)17-13(16-9)10-6-3-7-11(18)15-10/h2-7H,1H3,(H,15,18)(H,16,17). The van der Waals surface area contributed by atoms with Gasteiger partial charge in [0, 0.05) is 6.07 Å². The van der Waals surface area contributed by atoms with Crippen molar-refractivity contribution < 1.29 is 9.53 Å². The first-order valence-corrected chi connectivity index (χ1v) is 5.96. The summed E-state index contributed by atoms with van der Waals surface area (Å²) in [4.78, 5) is 33.1. The van der Waals surface area contributed by atoms with Crippen molar-refractivity contribution >= 4 is 17.0 Å². The highest BCUT2D eigenvalue weighted by Gasteiger charge is 2.14. The molecule has 0 unspecified atom stereocenters. The van der Waals surface area contributed by atoms with Crippen LogP contribution in [0.1, 0.15) is 10.4 Å². The fourth-order valence-corrected chi connectivity index (χ4v) is 2.02. The molecule has 1 aromatic carbocycles. The Morgan fingerprint density at radius 3 is 2.70 bits per heavy atom. The quantitative estimate of drug-likeness (QED) is 0.693. The number of pyridine rings is 1. The van der Waals surface area contributed by atoms with Gasteiger partial charge in [0.15, 0.2) is 5.82 Å². The van der Waals surface area contributed by atoms with E-state index in [9.17, 15) is 9.59 Å². The third-order valence-corrected chi connectivity index (χ3v) is 2.94. The third kappa shape index (κ3) is 1.97. The first-order valence-electron chi connectivity index (χ1n) is 5.96. The Labute approximate surface area is 113 Å². The lowest BCUT2D eigenvalue weighted by Gasteiger charge is -1.98. The molecule has 0 saturated carbocycles. The number of carbonyl (C=O) groups excluding carboxylic acids is 1. The lowest BCUT2D eigenvalue weighted by Crippen LogP contribution is -2.04. The molecular weight excluding hydrogens is 258 g/mol. The summed E-state index contributed by atoms with van der Waals surface area (Å²) in [5.74, 6) is 0.0456. The topological polar surface area (TPSA) is 87.8 Å². The molecule has 0 radical (unpaired) electrons. The summed E-state index contributed by atoms with van der Waals surface area (Å²) in [5, 5.41) is 0. The van der Waals surface area contributed by atoms with Crippen LogP contribution in [0.15, 0.2) is 41.2 Å². The van der Waals surface area contributed by atoms with E-state index in [0.29, 0.717) is 28.1 Å². The molecule has 20 heavy (non-hydrogen) atoms. The van der Waals surface area contributed by atoms with Gasteiger partial charge < -0.3 is 14.7 Å². The van der Waals surface area contributed by atoms with Crippen molar-refractivity contribution in [2.24, 2.45) is 0 Å². The summed E-state index contributed by atoms with van der Waals surface area (Å²) in [5.41, 5.74) is 1.94. The summed E-state index contributed by atoms with van der Waals surface area (Å²) in [7, 11) is 1.32. The molecule has 0 spiro atoms. The number of nitrogens with one attached hydrogen (secondary N) is 2. The van der Waals surface area contributed by atoms with E-state index in [1.807, 2.05) is 0 Å². The molecule has 100 valence electrons. The van der Waals surface area contributed by atoms with E-state index in [1.165, 1.54) is 13.2 Å². The summed E-state index contributed by atoms with van der Waals surface area (Å²) in [6.07, 6.45) is 0. The minimum atomic E-state index is -0.449. The van der Waals surface area contributed by atoms with Crippen LogP contribution in [-0.2, 0) is 4.74 Å². The van der Waals surface area contributed by atoms with E-state index in [-0.39, 0.29) is 5.56 Å². The van der Waals surface area contributed by atoms with E-state index in [1.54, 1.807) is 30.3 Å². The minimum Gasteiger partial charge on any atom is -0.465 e. The second-order valence-corrected chi connectivity index (χ2v) is 4.21. The number of fused-ring (bicyclic) bond motifs is 1. The van der Waals surface area contributed by atoms with E-state index in [2.05, 4.69) is 15.0 Å². The molecule has 3 aromatic rings. The van der Waals surface area contributed by atoms with Crippen LogP contribution in [0.2, 0.25) is 0 Å². The number of rotatable bonds is 2. The summed E-state index contributed by atoms with van der Waals surface area (Å²) < 4.78 is 4.73. The van der Waals surface area contributed by atoms with Crippen LogP contribution in [0.3, 0.4) is 0 Å². The maximum atomic E-state index is 11.7. The molecule has 0 aliphatic heterocycles. The molecule has 0 aliphatic rings. The third-order valence-electron chi connectivity index (χ3n) is 2.94. The van der Waals surface area contributed by atoms with Crippen LogP contribution >= 0.6 is 0 Å². The monoisotopic (exact) mass is 269 g/mol. The predicted octanol–water partition coefficient (Wildman–Crippen LogP) is 1.70. The Kier molecular flexibility index (Phi) is 2.83. The van der Waals surface area contributed by atoms with Crippen LogP contribution in [0.5, 0.6) is 0 Å². The zero-order valence-corrected chi connectivity index (χ0v) is 10.6. The lowest BCUT2D eigenvalue weighted by molar-refractivity contribution is 0.0603. The van der Waals surface area contributed by atoms with Crippen LogP contribution in [-0.4, -0.2) is 28.0 Å². The van der Waals surface area contributed by atoms with Crippen LogP contribution in [0.4, 0.5) is 0 Å². The van der Waals surface area contributed by atoms with Crippen molar-refractivity contribution in [3.8, 4) is 11.5 Å². The zero-order chi connectivity index (χ0) is 14.1. The molecule has 0 amide bonds. The van der Waals surface area contributed by atoms with Crippen molar-refractivity contribution in [1.82, 2.24) is 15.0 Å². The van der Waals surface area contributed by atoms with E-state index < -0.39 is 5.97 Å². The normalized spacial score (nSPS) is 10.7. The smallest absolute Gasteiger partial charge is 0.340 e. The number of nitrogens with zero attached hydrogens (tertiary/aromatic N) is 1. The van der Waals surface area contributed by atoms with Crippen molar-refractivity contribution in [1.29, 1.82) is 0 Å². The van der Waals surface area contributed by atoms with E-state index in [4.69, 9.17) is 4.74 Å². The first kappa shape index (κ1) is 12.2. The van der Waals surface area contributed by atoms with E-state index in [0.717, 1.165) is 0 Å². The number of ether oxygens (including phenoxy) is 1. The fraction of sp³-hybridized carbons (Fsp3) is 0.0714. The van der Waals surface area contributed by atoms with Gasteiger partial charge in [-0.15, -0.1) is 0 Å². The average Bonchev–Trinajstić information content (AvgIpc) is 2.90. The number of benzene rings is 1. The van der Waals surface area contributed by atoms with Gasteiger partial charge in [0.25, 0.3) is 0 Å². The van der Waals surface area contributed by atoms with E-state index >= 15 is 0 Å². The molecule has 0 atom stereocenters. The highest BCUT2D eigenvalue weighted by molar-refractivity contribution is 6.02. The molecule has 0 bridgehead atoms. The number of imidazole rings is 1. The Hall–Kier alpha value is -2.89. The second-order valence-electron chi connectivity index (χ2n) is 4.21. The predicted molar refractivity (Wildman–Crippen MR) is 73.5 cm³/mol. The largest absolute Gasteiger partial charge is 0.465 e. The highest BCUT2D eigenvalue weighted by Crippen LogP contribution is 2.21. The van der Waals surface area contributed by atoms with Gasteiger partial charge in [-0.05, 0) is 18.2 Å². The SMILES string of the molecule is COC(=O)c1cccc2[nH]c(-c3cccc(=O)[nH]3)nc12. The van der Waals surface area contributed by atoms with Gasteiger partial charge in [-0.1, -0.05) is 12.1 Å². The number of aromatic nitrogens is 3. The van der Waals surface area contributed by atoms with Crippen LogP contribution < -0.4 is 5.56 Å². The van der Waals surface area contributed by atoms with Gasteiger partial charge in [0.05, 0.1) is 23.9 Å². The molecule has 0 saturated heterocycles. The van der Waals surface area contributed by atoms with Crippen LogP contribution in [0.25, 0.3) is 22.6 Å². The zero-order valence-electron chi connectivity index (χ0n) is 10.6. The number of esters is 1. The van der Waals surface area contributed by atoms with Crippen molar-refractivity contribution in [3.63, 3.8) is 0 Å². The molecule has 3 rings (SSSR count). The first-order chi connectivity index (χ1) is 9.69. The van der Waals surface area contributed by atoms with Crippen molar-refractivity contribution in [3.05, 3.63) is 52.3 Å². The summed E-state index contributed by atoms with van der Waals surface area (Å²) >= 11 is 0. The van der Waals surface area contributed by atoms with Crippen molar-refractivity contribution in [2.75, 3.05) is 7.11 Å². The molecule has 2 aromatic heterocycles. The number of hydrogen-bond donors (Lipinski definition) is 2. The number of para-hydroxylation sites is 1. The van der Waals surface area contributed by atoms with Gasteiger partial charge >= 0.3 is 5.97 Å². The Balaban J connectivity index is 2.21. The fourth-order valence-electron chi connectivity index (χ4n) is 2.02. The Bertz CT molecular complexity index is 848. The lowest BCUT2D eigenvalue weighted by atomic mass is 10.2. The molecule has 6 heteroatoms. The van der Waals surface area contributed by atoms with Gasteiger partial charge in [-0.2, -0.15) is 0 Å². The number of hydrogen-bond acceptors (Lipinski definition) is 4. The maximum absolute atomic E-state index is 11.7. The van der Waals surface area contributed by atoms with Crippen LogP contribution in [0, 0.1) is 0 Å². The number of methoxy groups -OCH3 is 1. The van der Waals surface area contributed by atoms with Crippen molar-refractivity contribution in [2.45, 2.75) is 0 Å². The number of H-pyrrole nitrogens is 2. The number of aromatic amines is 2. The highest BCUT2D eigenvalue weighted by atomic mass is 16.5. The summed E-state index contributed by atoms with van der Waals surface area (Å²) in [6, 6.07) is 9.99.